The van der Waals surface area contributed by atoms with Crippen LogP contribution in [0.3, 0.4) is 0 Å². The Kier molecular flexibility index (Phi) is 4.35. The van der Waals surface area contributed by atoms with Gasteiger partial charge in [-0.05, 0) is 12.1 Å². The molecule has 6 nitrogen and oxygen atoms in total. The third-order valence-electron chi connectivity index (χ3n) is 2.87. The zero-order valence-electron chi connectivity index (χ0n) is 10.7. The molecule has 6 heteroatoms. The number of anilines is 1. The zero-order chi connectivity index (χ0) is 13.7. The van der Waals surface area contributed by atoms with Gasteiger partial charge < -0.3 is 20.7 Å². The molecule has 1 heterocycles. The first-order valence-corrected chi connectivity index (χ1v) is 6.14. The van der Waals surface area contributed by atoms with Crippen molar-refractivity contribution < 1.29 is 14.3 Å². The molecule has 1 saturated heterocycles. The quantitative estimate of drug-likeness (QED) is 0.720. The Morgan fingerprint density at radius 3 is 3.05 bits per heavy atom. The molecule has 3 N–H and O–H groups in total. The summed E-state index contributed by atoms with van der Waals surface area (Å²) in [6, 6.07) is 6.63. The Bertz CT molecular complexity index is 476. The molecule has 2 rings (SSSR count). The highest BCUT2D eigenvalue weighted by atomic mass is 16.5. The summed E-state index contributed by atoms with van der Waals surface area (Å²) in [7, 11) is 1.57. The number of benzene rings is 1. The third kappa shape index (κ3) is 3.69. The number of hydrogen-bond donors (Lipinski definition) is 3. The molecule has 102 valence electrons. The highest BCUT2D eigenvalue weighted by Crippen LogP contribution is 2.16. The minimum absolute atomic E-state index is 0.114. The maximum absolute atomic E-state index is 11.9. The summed E-state index contributed by atoms with van der Waals surface area (Å²) < 4.78 is 5.08. The van der Waals surface area contributed by atoms with E-state index in [4.69, 9.17) is 4.74 Å². The van der Waals surface area contributed by atoms with Crippen molar-refractivity contribution in [1.82, 2.24) is 10.6 Å². The van der Waals surface area contributed by atoms with Gasteiger partial charge in [-0.3, -0.25) is 9.59 Å². The van der Waals surface area contributed by atoms with Gasteiger partial charge in [0.05, 0.1) is 19.6 Å². The van der Waals surface area contributed by atoms with Crippen LogP contribution in [0.2, 0.25) is 0 Å². The van der Waals surface area contributed by atoms with Crippen molar-refractivity contribution in [3.8, 4) is 5.75 Å². The zero-order valence-corrected chi connectivity index (χ0v) is 10.7. The van der Waals surface area contributed by atoms with E-state index in [1.54, 1.807) is 31.4 Å². The molecule has 1 atom stereocenters. The number of methoxy groups -OCH3 is 1. The highest BCUT2D eigenvalue weighted by Gasteiger charge is 2.23. The van der Waals surface area contributed by atoms with Crippen molar-refractivity contribution in [2.24, 2.45) is 0 Å². The maximum atomic E-state index is 11.9. The van der Waals surface area contributed by atoms with Crippen LogP contribution in [0, 0.1) is 0 Å². The molecule has 1 aliphatic heterocycles. The van der Waals surface area contributed by atoms with Gasteiger partial charge in [-0.15, -0.1) is 0 Å². The monoisotopic (exact) mass is 263 g/mol. The number of carbonyl (C=O) groups is 2. The fraction of sp³-hybridized carbons (Fsp3) is 0.385. The molecule has 0 bridgehead atoms. The van der Waals surface area contributed by atoms with Crippen LogP contribution in [0.15, 0.2) is 24.3 Å². The Balaban J connectivity index is 1.91. The van der Waals surface area contributed by atoms with Gasteiger partial charge in [-0.1, -0.05) is 6.07 Å². The summed E-state index contributed by atoms with van der Waals surface area (Å²) in [6.45, 7) is 1.29. The number of amides is 2. The van der Waals surface area contributed by atoms with Gasteiger partial charge in [0.2, 0.25) is 11.8 Å². The third-order valence-corrected chi connectivity index (χ3v) is 2.87. The lowest BCUT2D eigenvalue weighted by Crippen LogP contribution is -2.53. The molecule has 0 spiro atoms. The Morgan fingerprint density at radius 2 is 2.32 bits per heavy atom. The number of ether oxygens (including phenoxy) is 1. The van der Waals surface area contributed by atoms with Crippen LogP contribution >= 0.6 is 0 Å². The first-order chi connectivity index (χ1) is 9.19. The minimum atomic E-state index is -0.459. The van der Waals surface area contributed by atoms with Crippen LogP contribution in [-0.4, -0.2) is 38.1 Å². The van der Waals surface area contributed by atoms with Crippen molar-refractivity contribution in [2.45, 2.75) is 12.5 Å². The van der Waals surface area contributed by atoms with Crippen molar-refractivity contribution >= 4 is 17.5 Å². The lowest BCUT2D eigenvalue weighted by Gasteiger charge is -2.22. The van der Waals surface area contributed by atoms with E-state index < -0.39 is 6.04 Å². The molecular weight excluding hydrogens is 246 g/mol. The molecule has 0 aromatic heterocycles. The van der Waals surface area contributed by atoms with Gasteiger partial charge in [0.25, 0.3) is 0 Å². The van der Waals surface area contributed by atoms with Crippen LogP contribution < -0.4 is 20.7 Å². The second-order valence-corrected chi connectivity index (χ2v) is 4.28. The number of carbonyl (C=O) groups excluding carboxylic acids is 2. The van der Waals surface area contributed by atoms with Gasteiger partial charge in [-0.2, -0.15) is 0 Å². The topological polar surface area (TPSA) is 79.5 Å². The average molecular weight is 263 g/mol. The molecular formula is C13H17N3O3. The van der Waals surface area contributed by atoms with Gasteiger partial charge >= 0.3 is 0 Å². The fourth-order valence-corrected chi connectivity index (χ4v) is 1.91. The molecule has 0 saturated carbocycles. The van der Waals surface area contributed by atoms with Crippen LogP contribution in [-0.2, 0) is 9.59 Å². The summed E-state index contributed by atoms with van der Waals surface area (Å²) in [5.74, 6) is 0.334. The Morgan fingerprint density at radius 1 is 1.47 bits per heavy atom. The van der Waals surface area contributed by atoms with Crippen LogP contribution in [0.5, 0.6) is 5.75 Å². The Hall–Kier alpha value is -2.08. The van der Waals surface area contributed by atoms with E-state index in [-0.39, 0.29) is 18.2 Å². The normalized spacial score (nSPS) is 18.6. The van der Waals surface area contributed by atoms with E-state index in [2.05, 4.69) is 16.0 Å². The van der Waals surface area contributed by atoms with Gasteiger partial charge in [0, 0.05) is 24.8 Å². The van der Waals surface area contributed by atoms with Gasteiger partial charge in [0.15, 0.2) is 0 Å². The summed E-state index contributed by atoms with van der Waals surface area (Å²) in [6.07, 6.45) is 0.114. The van der Waals surface area contributed by atoms with Crippen molar-refractivity contribution in [3.63, 3.8) is 0 Å². The van der Waals surface area contributed by atoms with E-state index in [9.17, 15) is 9.59 Å². The second kappa shape index (κ2) is 6.19. The highest BCUT2D eigenvalue weighted by molar-refractivity contribution is 5.95. The molecule has 0 aliphatic carbocycles. The van der Waals surface area contributed by atoms with E-state index in [0.29, 0.717) is 24.5 Å². The first-order valence-electron chi connectivity index (χ1n) is 6.14. The maximum Gasteiger partial charge on any atom is 0.237 e. The van der Waals surface area contributed by atoms with Crippen molar-refractivity contribution in [3.05, 3.63) is 24.3 Å². The molecule has 1 aromatic carbocycles. The van der Waals surface area contributed by atoms with Crippen molar-refractivity contribution in [1.29, 1.82) is 0 Å². The van der Waals surface area contributed by atoms with Gasteiger partial charge in [-0.25, -0.2) is 0 Å². The summed E-state index contributed by atoms with van der Waals surface area (Å²) in [5, 5.41) is 8.47. The van der Waals surface area contributed by atoms with E-state index >= 15 is 0 Å². The first kappa shape index (κ1) is 13.4. The van der Waals surface area contributed by atoms with Crippen LogP contribution in [0.25, 0.3) is 0 Å². The summed E-state index contributed by atoms with van der Waals surface area (Å²) in [5.41, 5.74) is 0.653. The molecule has 1 unspecified atom stereocenters. The van der Waals surface area contributed by atoms with E-state index in [1.165, 1.54) is 0 Å². The molecule has 1 fully saturated rings. The number of hydrogen-bond acceptors (Lipinski definition) is 4. The SMILES string of the molecule is COc1cccc(NC(=O)CC2NCCNC2=O)c1. The minimum Gasteiger partial charge on any atom is -0.497 e. The van der Waals surface area contributed by atoms with Crippen molar-refractivity contribution in [2.75, 3.05) is 25.5 Å². The lowest BCUT2D eigenvalue weighted by molar-refractivity contribution is -0.127. The molecule has 2 amide bonds. The number of piperazine rings is 1. The van der Waals surface area contributed by atoms with E-state index in [1.807, 2.05) is 0 Å². The second-order valence-electron chi connectivity index (χ2n) is 4.28. The van der Waals surface area contributed by atoms with Crippen LogP contribution in [0.1, 0.15) is 6.42 Å². The molecule has 1 aliphatic rings. The van der Waals surface area contributed by atoms with Gasteiger partial charge in [0.1, 0.15) is 5.75 Å². The van der Waals surface area contributed by atoms with Crippen LogP contribution in [0.4, 0.5) is 5.69 Å². The molecule has 19 heavy (non-hydrogen) atoms. The predicted octanol–water partition coefficient (Wildman–Crippen LogP) is 0.112. The van der Waals surface area contributed by atoms with E-state index in [0.717, 1.165) is 0 Å². The molecule has 0 radical (unpaired) electrons. The standard InChI is InChI=1S/C13H17N3O3/c1-19-10-4-2-3-9(7-10)16-12(17)8-11-13(18)15-6-5-14-11/h2-4,7,11,14H,5-6,8H2,1H3,(H,15,18)(H,16,17). The predicted molar refractivity (Wildman–Crippen MR) is 71.0 cm³/mol. The average Bonchev–Trinajstić information content (AvgIpc) is 2.41. The largest absolute Gasteiger partial charge is 0.497 e. The smallest absolute Gasteiger partial charge is 0.237 e. The number of rotatable bonds is 4. The molecule has 1 aromatic rings. The summed E-state index contributed by atoms with van der Waals surface area (Å²) >= 11 is 0. The fourth-order valence-electron chi connectivity index (χ4n) is 1.91. The Labute approximate surface area is 111 Å². The summed E-state index contributed by atoms with van der Waals surface area (Å²) in [4.78, 5) is 23.4. The lowest BCUT2D eigenvalue weighted by atomic mass is 10.1. The number of nitrogens with one attached hydrogen (secondary N) is 3.